The quantitative estimate of drug-likeness (QED) is 0.532. The van der Waals surface area contributed by atoms with Gasteiger partial charge in [-0.1, -0.05) is 5.16 Å². The molecule has 0 aliphatic carbocycles. The molecule has 1 aliphatic rings. The molecule has 0 N–H and O–H groups in total. The van der Waals surface area contributed by atoms with Crippen molar-refractivity contribution in [2.45, 2.75) is 12.2 Å². The highest BCUT2D eigenvalue weighted by molar-refractivity contribution is 8.00. The SMILES string of the molecule is CSC1CON=C1C. The van der Waals surface area contributed by atoms with Crippen LogP contribution in [0.4, 0.5) is 0 Å². The van der Waals surface area contributed by atoms with Gasteiger partial charge in [0.2, 0.25) is 0 Å². The zero-order valence-corrected chi connectivity index (χ0v) is 5.86. The maximum absolute atomic E-state index is 4.83. The van der Waals surface area contributed by atoms with E-state index in [1.165, 1.54) is 0 Å². The van der Waals surface area contributed by atoms with Crippen molar-refractivity contribution in [3.05, 3.63) is 0 Å². The van der Waals surface area contributed by atoms with Crippen molar-refractivity contribution in [2.24, 2.45) is 5.16 Å². The van der Waals surface area contributed by atoms with E-state index in [1.807, 2.05) is 6.92 Å². The van der Waals surface area contributed by atoms with Crippen molar-refractivity contribution < 1.29 is 4.84 Å². The molecular weight excluding hydrogens is 122 g/mol. The second-order valence-corrected chi connectivity index (χ2v) is 2.79. The van der Waals surface area contributed by atoms with Crippen LogP contribution in [0.2, 0.25) is 0 Å². The van der Waals surface area contributed by atoms with Gasteiger partial charge in [-0.2, -0.15) is 11.8 Å². The fourth-order valence-corrected chi connectivity index (χ4v) is 1.21. The molecule has 1 unspecified atom stereocenters. The Labute approximate surface area is 53.3 Å². The van der Waals surface area contributed by atoms with Crippen molar-refractivity contribution in [3.63, 3.8) is 0 Å². The number of rotatable bonds is 1. The third-order valence-electron chi connectivity index (χ3n) is 1.18. The lowest BCUT2D eigenvalue weighted by molar-refractivity contribution is 0.175. The summed E-state index contributed by atoms with van der Waals surface area (Å²) >= 11 is 1.78. The van der Waals surface area contributed by atoms with Crippen molar-refractivity contribution in [3.8, 4) is 0 Å². The predicted molar refractivity (Wildman–Crippen MR) is 36.4 cm³/mol. The van der Waals surface area contributed by atoms with Gasteiger partial charge in [-0.05, 0) is 13.2 Å². The van der Waals surface area contributed by atoms with E-state index < -0.39 is 0 Å². The number of nitrogens with zero attached hydrogens (tertiary/aromatic N) is 1. The van der Waals surface area contributed by atoms with Crippen molar-refractivity contribution in [1.82, 2.24) is 0 Å². The first kappa shape index (κ1) is 5.95. The minimum Gasteiger partial charge on any atom is -0.394 e. The summed E-state index contributed by atoms with van der Waals surface area (Å²) < 4.78 is 0. The molecule has 2 nitrogen and oxygen atoms in total. The molecule has 1 atom stereocenters. The van der Waals surface area contributed by atoms with E-state index in [2.05, 4.69) is 11.4 Å². The number of thioether (sulfide) groups is 1. The molecule has 0 bridgehead atoms. The zero-order chi connectivity index (χ0) is 5.98. The third-order valence-corrected chi connectivity index (χ3v) is 2.23. The zero-order valence-electron chi connectivity index (χ0n) is 5.05. The van der Waals surface area contributed by atoms with Crippen LogP contribution in [-0.2, 0) is 4.84 Å². The summed E-state index contributed by atoms with van der Waals surface area (Å²) in [5.41, 5.74) is 1.11. The molecule has 46 valence electrons. The Hall–Kier alpha value is -0.180. The lowest BCUT2D eigenvalue weighted by atomic mass is 10.3. The van der Waals surface area contributed by atoms with Crippen LogP contribution in [0.15, 0.2) is 5.16 Å². The van der Waals surface area contributed by atoms with E-state index in [4.69, 9.17) is 4.84 Å². The largest absolute Gasteiger partial charge is 0.394 e. The van der Waals surface area contributed by atoms with E-state index in [0.717, 1.165) is 12.3 Å². The molecule has 0 fully saturated rings. The summed E-state index contributed by atoms with van der Waals surface area (Å²) in [6.45, 7) is 2.75. The van der Waals surface area contributed by atoms with E-state index in [-0.39, 0.29) is 0 Å². The van der Waals surface area contributed by atoms with Gasteiger partial charge in [0, 0.05) is 0 Å². The fraction of sp³-hybridized carbons (Fsp3) is 0.800. The summed E-state index contributed by atoms with van der Waals surface area (Å²) in [5, 5.41) is 4.29. The average Bonchev–Trinajstić information content (AvgIpc) is 2.14. The first-order valence-electron chi connectivity index (χ1n) is 2.54. The molecule has 1 aliphatic heterocycles. The number of hydrogen-bond acceptors (Lipinski definition) is 3. The number of oxime groups is 1. The highest BCUT2D eigenvalue weighted by atomic mass is 32.2. The maximum Gasteiger partial charge on any atom is 0.134 e. The van der Waals surface area contributed by atoms with Gasteiger partial charge >= 0.3 is 0 Å². The molecule has 0 saturated heterocycles. The van der Waals surface area contributed by atoms with Crippen molar-refractivity contribution in [1.29, 1.82) is 0 Å². The Bertz CT molecular complexity index is 113. The standard InChI is InChI=1S/C5H9NOS/c1-4-5(8-2)3-7-6-4/h5H,3H2,1-2H3. The smallest absolute Gasteiger partial charge is 0.134 e. The first-order valence-corrected chi connectivity index (χ1v) is 3.82. The summed E-state index contributed by atoms with van der Waals surface area (Å²) in [6.07, 6.45) is 2.07. The third kappa shape index (κ3) is 0.968. The number of hydrogen-bond donors (Lipinski definition) is 0. The molecule has 1 rings (SSSR count). The van der Waals surface area contributed by atoms with Crippen LogP contribution in [0.1, 0.15) is 6.92 Å². The van der Waals surface area contributed by atoms with Crippen LogP contribution < -0.4 is 0 Å². The molecule has 0 amide bonds. The second-order valence-electron chi connectivity index (χ2n) is 1.75. The molecule has 0 saturated carbocycles. The van der Waals surface area contributed by atoms with E-state index in [1.54, 1.807) is 11.8 Å². The summed E-state index contributed by atoms with van der Waals surface area (Å²) in [5.74, 6) is 0. The molecule has 0 aromatic carbocycles. The Morgan fingerprint density at radius 2 is 2.62 bits per heavy atom. The summed E-state index contributed by atoms with van der Waals surface area (Å²) in [7, 11) is 0. The van der Waals surface area contributed by atoms with Gasteiger partial charge in [0.15, 0.2) is 0 Å². The van der Waals surface area contributed by atoms with Crippen LogP contribution in [0.3, 0.4) is 0 Å². The molecule has 8 heavy (non-hydrogen) atoms. The van der Waals surface area contributed by atoms with Crippen molar-refractivity contribution >= 4 is 17.5 Å². The van der Waals surface area contributed by atoms with E-state index >= 15 is 0 Å². The van der Waals surface area contributed by atoms with Gasteiger partial charge in [0.1, 0.15) is 6.61 Å². The van der Waals surface area contributed by atoms with Gasteiger partial charge in [0.25, 0.3) is 0 Å². The first-order chi connectivity index (χ1) is 3.84. The minimum atomic E-state index is 0.509. The van der Waals surface area contributed by atoms with Gasteiger partial charge in [-0.3, -0.25) is 0 Å². The van der Waals surface area contributed by atoms with Crippen LogP contribution in [0, 0.1) is 0 Å². The van der Waals surface area contributed by atoms with Crippen LogP contribution >= 0.6 is 11.8 Å². The Balaban J connectivity index is 2.46. The van der Waals surface area contributed by atoms with Crippen LogP contribution in [0.5, 0.6) is 0 Å². The molecule has 0 aromatic rings. The normalized spacial score (nSPS) is 27.2. The lowest BCUT2D eigenvalue weighted by Crippen LogP contribution is -2.11. The van der Waals surface area contributed by atoms with E-state index in [0.29, 0.717) is 5.25 Å². The topological polar surface area (TPSA) is 21.6 Å². The molecule has 1 heterocycles. The molecule has 3 heteroatoms. The molecular formula is C5H9NOS. The lowest BCUT2D eigenvalue weighted by Gasteiger charge is -1.99. The average molecular weight is 131 g/mol. The van der Waals surface area contributed by atoms with Crippen molar-refractivity contribution in [2.75, 3.05) is 12.9 Å². The van der Waals surface area contributed by atoms with Gasteiger partial charge in [-0.25, -0.2) is 0 Å². The maximum atomic E-state index is 4.83. The summed E-state index contributed by atoms with van der Waals surface area (Å²) in [4.78, 5) is 4.83. The fourth-order valence-electron chi connectivity index (χ4n) is 0.625. The van der Waals surface area contributed by atoms with Gasteiger partial charge < -0.3 is 4.84 Å². The highest BCUT2D eigenvalue weighted by Gasteiger charge is 2.16. The van der Waals surface area contributed by atoms with Crippen LogP contribution in [-0.4, -0.2) is 23.8 Å². The Morgan fingerprint density at radius 3 is 2.88 bits per heavy atom. The monoisotopic (exact) mass is 131 g/mol. The summed E-state index contributed by atoms with van der Waals surface area (Å²) in [6, 6.07) is 0. The predicted octanol–water partition coefficient (Wildman–Crippen LogP) is 1.12. The second kappa shape index (κ2) is 2.40. The van der Waals surface area contributed by atoms with Gasteiger partial charge in [0.05, 0.1) is 11.0 Å². The van der Waals surface area contributed by atoms with E-state index in [9.17, 15) is 0 Å². The highest BCUT2D eigenvalue weighted by Crippen LogP contribution is 2.14. The molecule has 0 aromatic heterocycles. The Morgan fingerprint density at radius 1 is 1.88 bits per heavy atom. The van der Waals surface area contributed by atoms with Gasteiger partial charge in [-0.15, -0.1) is 0 Å². The Kier molecular flexibility index (Phi) is 1.78. The molecule has 0 radical (unpaired) electrons. The van der Waals surface area contributed by atoms with Crippen LogP contribution in [0.25, 0.3) is 0 Å². The minimum absolute atomic E-state index is 0.509. The molecule has 0 spiro atoms.